The molecule has 0 unspecified atom stereocenters. The number of rotatable bonds is 5. The first-order valence-electron chi connectivity index (χ1n) is 2.69. The molecular weight excluding hydrogens is 210 g/mol. The Balaban J connectivity index is 3.63. The minimum atomic E-state index is -5.09. The van der Waals surface area contributed by atoms with E-state index < -0.39 is 26.3 Å². The molecule has 0 aliphatic heterocycles. The number of hydrogen-bond acceptors (Lipinski definition) is 3. The zero-order chi connectivity index (χ0) is 10.5. The van der Waals surface area contributed by atoms with Crippen molar-refractivity contribution in [1.82, 2.24) is 0 Å². The number of hydrogen-bond donors (Lipinski definition) is 0. The van der Waals surface area contributed by atoms with Gasteiger partial charge in [-0.2, -0.15) is 0 Å². The first-order chi connectivity index (χ1) is 5.77. The van der Waals surface area contributed by atoms with E-state index in [1.54, 1.807) is 0 Å². The van der Waals surface area contributed by atoms with Crippen molar-refractivity contribution in [2.45, 2.75) is 12.7 Å². The fourth-order valence-corrected chi connectivity index (χ4v) is 0.270. The number of halogens is 6. The van der Waals surface area contributed by atoms with Gasteiger partial charge in [0.05, 0.1) is 0 Å². The van der Waals surface area contributed by atoms with Gasteiger partial charge in [-0.1, -0.05) is 0 Å². The maximum Gasteiger partial charge on any atom is 0.524 e. The number of alkyl halides is 6. The fraction of sp³-hybridized carbons (Fsp3) is 1.00. The van der Waals surface area contributed by atoms with E-state index in [0.29, 0.717) is 0 Å². The van der Waals surface area contributed by atoms with Gasteiger partial charge in [-0.25, -0.2) is 4.39 Å². The van der Waals surface area contributed by atoms with Crippen molar-refractivity contribution in [2.24, 2.45) is 0 Å². The van der Waals surface area contributed by atoms with Crippen LogP contribution < -0.4 is 0 Å². The molecule has 13 heavy (non-hydrogen) atoms. The third-order valence-electron chi connectivity index (χ3n) is 0.672. The Morgan fingerprint density at radius 3 is 1.77 bits per heavy atom. The van der Waals surface area contributed by atoms with Gasteiger partial charge in [0, 0.05) is 0 Å². The zero-order valence-electron chi connectivity index (χ0n) is 5.91. The summed E-state index contributed by atoms with van der Waals surface area (Å²) in [5, 5.41) is 0. The standard InChI is InChI=1S/C4H4F6O3/c5-1-11-4(9,10)13-2-12-3(6,7)8/h1-2H2. The molecule has 9 heteroatoms. The highest BCUT2D eigenvalue weighted by atomic mass is 19.4. The second-order valence-electron chi connectivity index (χ2n) is 1.57. The largest absolute Gasteiger partial charge is 0.524 e. The molecule has 0 radical (unpaired) electrons. The molecular formula is C4H4F6O3. The van der Waals surface area contributed by atoms with Crippen molar-refractivity contribution in [1.29, 1.82) is 0 Å². The third-order valence-corrected chi connectivity index (χ3v) is 0.672. The van der Waals surface area contributed by atoms with Gasteiger partial charge in [-0.3, -0.25) is 14.2 Å². The van der Waals surface area contributed by atoms with Crippen LogP contribution in [0.15, 0.2) is 0 Å². The monoisotopic (exact) mass is 214 g/mol. The molecule has 0 fully saturated rings. The van der Waals surface area contributed by atoms with E-state index in [1.165, 1.54) is 0 Å². The van der Waals surface area contributed by atoms with Gasteiger partial charge in [-0.05, 0) is 0 Å². The highest BCUT2D eigenvalue weighted by Crippen LogP contribution is 2.20. The van der Waals surface area contributed by atoms with Crippen LogP contribution in [-0.2, 0) is 14.2 Å². The molecule has 0 N–H and O–H groups in total. The van der Waals surface area contributed by atoms with Crippen LogP contribution in [0.4, 0.5) is 26.3 Å². The van der Waals surface area contributed by atoms with Gasteiger partial charge in [-0.15, -0.1) is 22.0 Å². The lowest BCUT2D eigenvalue weighted by Crippen LogP contribution is -2.28. The molecule has 0 atom stereocenters. The van der Waals surface area contributed by atoms with E-state index in [1.807, 2.05) is 0 Å². The maximum absolute atomic E-state index is 11.9. The Hall–Kier alpha value is -0.540. The van der Waals surface area contributed by atoms with Crippen molar-refractivity contribution in [3.63, 3.8) is 0 Å². The quantitative estimate of drug-likeness (QED) is 0.517. The van der Waals surface area contributed by atoms with Gasteiger partial charge in [0.15, 0.2) is 13.7 Å². The molecule has 80 valence electrons. The third kappa shape index (κ3) is 7.81. The average molecular weight is 214 g/mol. The van der Waals surface area contributed by atoms with Crippen molar-refractivity contribution >= 4 is 0 Å². The Morgan fingerprint density at radius 1 is 0.846 bits per heavy atom. The van der Waals surface area contributed by atoms with E-state index in [2.05, 4.69) is 14.2 Å². The van der Waals surface area contributed by atoms with Gasteiger partial charge in [0.1, 0.15) is 0 Å². The molecule has 0 heterocycles. The van der Waals surface area contributed by atoms with Crippen molar-refractivity contribution in [3.05, 3.63) is 0 Å². The predicted molar refractivity (Wildman–Crippen MR) is 25.1 cm³/mol. The Labute approximate surface area is 68.2 Å². The van der Waals surface area contributed by atoms with Crippen molar-refractivity contribution in [2.75, 3.05) is 13.7 Å². The Bertz CT molecular complexity index is 145. The minimum absolute atomic E-state index is 1.78. The summed E-state index contributed by atoms with van der Waals surface area (Å²) >= 11 is 0. The van der Waals surface area contributed by atoms with Crippen LogP contribution in [0.2, 0.25) is 0 Å². The van der Waals surface area contributed by atoms with Gasteiger partial charge in [0.25, 0.3) is 0 Å². The lowest BCUT2D eigenvalue weighted by atomic mass is 11.1. The van der Waals surface area contributed by atoms with E-state index in [0.717, 1.165) is 0 Å². The van der Waals surface area contributed by atoms with Crippen LogP contribution in [0.3, 0.4) is 0 Å². The molecule has 0 spiro atoms. The lowest BCUT2D eigenvalue weighted by molar-refractivity contribution is -0.444. The summed E-state index contributed by atoms with van der Waals surface area (Å²) in [5.41, 5.74) is 0. The summed E-state index contributed by atoms with van der Waals surface area (Å²) in [6, 6.07) is 0. The first kappa shape index (κ1) is 12.5. The van der Waals surface area contributed by atoms with Gasteiger partial charge in [0.2, 0.25) is 0 Å². The van der Waals surface area contributed by atoms with Crippen molar-refractivity contribution in [3.8, 4) is 0 Å². The summed E-state index contributed by atoms with van der Waals surface area (Å²) in [4.78, 5) is 0. The molecule has 0 aromatic carbocycles. The summed E-state index contributed by atoms with van der Waals surface area (Å²) in [6.45, 7) is -3.67. The molecule has 0 aliphatic carbocycles. The fourth-order valence-electron chi connectivity index (χ4n) is 0.270. The van der Waals surface area contributed by atoms with Crippen LogP contribution in [0.1, 0.15) is 0 Å². The van der Waals surface area contributed by atoms with Gasteiger partial charge >= 0.3 is 12.7 Å². The average Bonchev–Trinajstić information content (AvgIpc) is 1.82. The molecule has 0 bridgehead atoms. The molecule has 0 amide bonds. The van der Waals surface area contributed by atoms with E-state index in [-0.39, 0.29) is 0 Å². The Morgan fingerprint density at radius 2 is 1.38 bits per heavy atom. The molecule has 0 rings (SSSR count). The highest BCUT2D eigenvalue weighted by molar-refractivity contribution is 4.28. The highest BCUT2D eigenvalue weighted by Gasteiger charge is 2.35. The maximum atomic E-state index is 11.9. The molecule has 3 nitrogen and oxygen atoms in total. The van der Waals surface area contributed by atoms with Crippen LogP contribution in [0, 0.1) is 0 Å². The second kappa shape index (κ2) is 4.63. The lowest BCUT2D eigenvalue weighted by Gasteiger charge is -2.14. The minimum Gasteiger partial charge on any atom is -0.268 e. The topological polar surface area (TPSA) is 27.7 Å². The normalized spacial score (nSPS) is 13.4. The van der Waals surface area contributed by atoms with E-state index in [9.17, 15) is 26.3 Å². The summed E-state index contributed by atoms with van der Waals surface area (Å²) < 4.78 is 77.2. The summed E-state index contributed by atoms with van der Waals surface area (Å²) in [6.07, 6.45) is -9.52. The molecule has 0 saturated heterocycles. The summed E-state index contributed by atoms with van der Waals surface area (Å²) in [5.74, 6) is 0. The SMILES string of the molecule is FCOC(F)(F)OCOC(F)(F)F. The number of ether oxygens (including phenoxy) is 3. The summed E-state index contributed by atoms with van der Waals surface area (Å²) in [7, 11) is 0. The zero-order valence-corrected chi connectivity index (χ0v) is 5.91. The molecule has 0 aliphatic rings. The molecule has 0 aromatic rings. The van der Waals surface area contributed by atoms with E-state index in [4.69, 9.17) is 0 Å². The van der Waals surface area contributed by atoms with Crippen LogP contribution in [-0.4, -0.2) is 26.3 Å². The Kier molecular flexibility index (Phi) is 4.44. The first-order valence-corrected chi connectivity index (χ1v) is 2.69. The smallest absolute Gasteiger partial charge is 0.268 e. The van der Waals surface area contributed by atoms with Crippen LogP contribution >= 0.6 is 0 Å². The van der Waals surface area contributed by atoms with Crippen LogP contribution in [0.25, 0.3) is 0 Å². The van der Waals surface area contributed by atoms with E-state index >= 15 is 0 Å². The molecule has 0 saturated carbocycles. The second-order valence-corrected chi connectivity index (χ2v) is 1.57. The van der Waals surface area contributed by atoms with Crippen LogP contribution in [0.5, 0.6) is 0 Å². The van der Waals surface area contributed by atoms with Gasteiger partial charge < -0.3 is 0 Å². The molecule has 0 aromatic heterocycles. The predicted octanol–water partition coefficient (Wildman–Crippen LogP) is 1.99. The van der Waals surface area contributed by atoms with Crippen molar-refractivity contribution < 1.29 is 40.6 Å².